The molecule has 1 atom stereocenters. The third-order valence-corrected chi connectivity index (χ3v) is 4.74. The van der Waals surface area contributed by atoms with E-state index in [2.05, 4.69) is 30.4 Å². The summed E-state index contributed by atoms with van der Waals surface area (Å²) in [5.74, 6) is 2.08. The number of nitrogens with one attached hydrogen (secondary N) is 1. The molecule has 4 heteroatoms. The molecule has 0 aromatic heterocycles. The fourth-order valence-corrected chi connectivity index (χ4v) is 2.96. The highest BCUT2D eigenvalue weighted by atomic mass is 35.5. The molecule has 0 fully saturated rings. The molecule has 0 bridgehead atoms. The number of benzene rings is 1. The van der Waals surface area contributed by atoms with Crippen LogP contribution >= 0.6 is 23.4 Å². The second-order valence-electron chi connectivity index (χ2n) is 4.58. The van der Waals surface area contributed by atoms with Crippen molar-refractivity contribution in [2.24, 2.45) is 0 Å². The topological polar surface area (TPSA) is 35.8 Å². The maximum Gasteiger partial charge on any atom is 0.106 e. The lowest BCUT2D eigenvalue weighted by Gasteiger charge is -2.24. The van der Waals surface area contributed by atoms with Crippen molar-refractivity contribution in [3.63, 3.8) is 0 Å². The molecule has 0 saturated carbocycles. The van der Waals surface area contributed by atoms with Gasteiger partial charge in [0.25, 0.3) is 0 Å². The van der Waals surface area contributed by atoms with Gasteiger partial charge in [-0.1, -0.05) is 30.7 Å². The van der Waals surface area contributed by atoms with Crippen molar-refractivity contribution < 1.29 is 0 Å². The van der Waals surface area contributed by atoms with Gasteiger partial charge in [-0.15, -0.1) is 0 Å². The molecule has 1 aromatic rings. The van der Waals surface area contributed by atoms with E-state index in [4.69, 9.17) is 11.6 Å². The molecule has 0 aliphatic heterocycles. The van der Waals surface area contributed by atoms with Crippen LogP contribution in [-0.2, 0) is 5.75 Å². The first-order valence-corrected chi connectivity index (χ1v) is 8.11. The van der Waals surface area contributed by atoms with Gasteiger partial charge in [0.15, 0.2) is 0 Å². The molecule has 0 aliphatic rings. The van der Waals surface area contributed by atoms with Gasteiger partial charge in [-0.25, -0.2) is 0 Å². The second kappa shape index (κ2) is 8.47. The van der Waals surface area contributed by atoms with Crippen LogP contribution in [-0.4, -0.2) is 18.3 Å². The summed E-state index contributed by atoms with van der Waals surface area (Å²) in [7, 11) is 1.87. The van der Waals surface area contributed by atoms with Crippen LogP contribution in [0.3, 0.4) is 0 Å². The van der Waals surface area contributed by atoms with Crippen molar-refractivity contribution in [2.75, 3.05) is 12.8 Å². The van der Waals surface area contributed by atoms with Gasteiger partial charge >= 0.3 is 0 Å². The Hall–Kier alpha value is -0.690. The Kier molecular flexibility index (Phi) is 7.30. The number of hydrogen-bond donors (Lipinski definition) is 1. The summed E-state index contributed by atoms with van der Waals surface area (Å²) in [5, 5.41) is 13.1. The van der Waals surface area contributed by atoms with Gasteiger partial charge in [0.05, 0.1) is 6.07 Å². The Bertz CT molecular complexity index is 407. The summed E-state index contributed by atoms with van der Waals surface area (Å²) < 4.78 is 0. The molecule has 0 heterocycles. The van der Waals surface area contributed by atoms with Crippen LogP contribution in [0.15, 0.2) is 24.3 Å². The third-order valence-electron chi connectivity index (χ3n) is 3.37. The highest BCUT2D eigenvalue weighted by molar-refractivity contribution is 7.98. The van der Waals surface area contributed by atoms with E-state index in [1.807, 2.05) is 30.9 Å². The SMILES string of the molecule is CCC(C#N)(CCCSCc1ccc(Cl)cc1)NC. The maximum atomic E-state index is 9.21. The predicted molar refractivity (Wildman–Crippen MR) is 84.5 cm³/mol. The van der Waals surface area contributed by atoms with Crippen LogP contribution in [0.5, 0.6) is 0 Å². The summed E-state index contributed by atoms with van der Waals surface area (Å²) in [6.07, 6.45) is 2.81. The lowest BCUT2D eigenvalue weighted by Crippen LogP contribution is -2.40. The zero-order chi connectivity index (χ0) is 14.1. The number of thioether (sulfide) groups is 1. The highest BCUT2D eigenvalue weighted by Crippen LogP contribution is 2.20. The van der Waals surface area contributed by atoms with Crippen LogP contribution in [0.2, 0.25) is 5.02 Å². The zero-order valence-electron chi connectivity index (χ0n) is 11.6. The molecule has 1 N–H and O–H groups in total. The first-order valence-electron chi connectivity index (χ1n) is 6.58. The molecule has 0 saturated heterocycles. The monoisotopic (exact) mass is 296 g/mol. The summed E-state index contributed by atoms with van der Waals surface area (Å²) in [6, 6.07) is 10.4. The lowest BCUT2D eigenvalue weighted by molar-refractivity contribution is 0.400. The van der Waals surface area contributed by atoms with E-state index in [1.165, 1.54) is 5.56 Å². The van der Waals surface area contributed by atoms with E-state index < -0.39 is 0 Å². The van der Waals surface area contributed by atoms with Gasteiger partial charge < -0.3 is 5.32 Å². The van der Waals surface area contributed by atoms with Crippen molar-refractivity contribution in [2.45, 2.75) is 37.5 Å². The third kappa shape index (κ3) is 5.44. The first kappa shape index (κ1) is 16.4. The fraction of sp³-hybridized carbons (Fsp3) is 0.533. The molecule has 0 aliphatic carbocycles. The van der Waals surface area contributed by atoms with Crippen LogP contribution < -0.4 is 5.32 Å². The zero-order valence-corrected chi connectivity index (χ0v) is 13.2. The van der Waals surface area contributed by atoms with Crippen molar-refractivity contribution in [1.82, 2.24) is 5.32 Å². The normalized spacial score (nSPS) is 13.8. The fourth-order valence-electron chi connectivity index (χ4n) is 1.92. The molecular weight excluding hydrogens is 276 g/mol. The lowest BCUT2D eigenvalue weighted by atomic mass is 9.93. The highest BCUT2D eigenvalue weighted by Gasteiger charge is 2.24. The Labute approximate surface area is 125 Å². The van der Waals surface area contributed by atoms with Crippen molar-refractivity contribution in [3.8, 4) is 6.07 Å². The van der Waals surface area contributed by atoms with E-state index in [9.17, 15) is 5.26 Å². The van der Waals surface area contributed by atoms with Crippen LogP contribution in [0.4, 0.5) is 0 Å². The Morgan fingerprint density at radius 3 is 2.58 bits per heavy atom. The summed E-state index contributed by atoms with van der Waals surface area (Å²) in [6.45, 7) is 2.06. The average molecular weight is 297 g/mol. The molecule has 1 aromatic carbocycles. The molecule has 2 nitrogen and oxygen atoms in total. The molecular formula is C15H21ClN2S. The van der Waals surface area contributed by atoms with E-state index in [0.29, 0.717) is 0 Å². The summed E-state index contributed by atoms with van der Waals surface area (Å²) >= 11 is 7.75. The van der Waals surface area contributed by atoms with E-state index in [0.717, 1.165) is 35.8 Å². The number of nitrogens with zero attached hydrogens (tertiary/aromatic N) is 1. The van der Waals surface area contributed by atoms with Gasteiger partial charge in [0, 0.05) is 10.8 Å². The number of hydrogen-bond acceptors (Lipinski definition) is 3. The van der Waals surface area contributed by atoms with Gasteiger partial charge in [-0.3, -0.25) is 0 Å². The minimum Gasteiger partial charge on any atom is -0.302 e. The largest absolute Gasteiger partial charge is 0.302 e. The van der Waals surface area contributed by atoms with Gasteiger partial charge in [0.2, 0.25) is 0 Å². The van der Waals surface area contributed by atoms with Gasteiger partial charge in [-0.05, 0) is 49.8 Å². The number of halogens is 1. The molecule has 0 spiro atoms. The van der Waals surface area contributed by atoms with E-state index in [1.54, 1.807) is 0 Å². The smallest absolute Gasteiger partial charge is 0.106 e. The Balaban J connectivity index is 2.24. The van der Waals surface area contributed by atoms with Crippen molar-refractivity contribution >= 4 is 23.4 Å². The van der Waals surface area contributed by atoms with Crippen molar-refractivity contribution in [1.29, 1.82) is 5.26 Å². The first-order chi connectivity index (χ1) is 9.15. The molecule has 104 valence electrons. The molecule has 0 amide bonds. The number of nitriles is 1. The summed E-state index contributed by atoms with van der Waals surface area (Å²) in [5.41, 5.74) is 0.950. The van der Waals surface area contributed by atoms with Crippen LogP contribution in [0.1, 0.15) is 31.7 Å². The minimum absolute atomic E-state index is 0.346. The van der Waals surface area contributed by atoms with E-state index >= 15 is 0 Å². The Morgan fingerprint density at radius 1 is 1.37 bits per heavy atom. The predicted octanol–water partition coefficient (Wildman–Crippen LogP) is 4.25. The molecule has 1 unspecified atom stereocenters. The second-order valence-corrected chi connectivity index (χ2v) is 6.12. The van der Waals surface area contributed by atoms with Gasteiger partial charge in [-0.2, -0.15) is 17.0 Å². The van der Waals surface area contributed by atoms with E-state index in [-0.39, 0.29) is 5.54 Å². The minimum atomic E-state index is -0.346. The quantitative estimate of drug-likeness (QED) is 0.729. The molecule has 19 heavy (non-hydrogen) atoms. The van der Waals surface area contributed by atoms with Crippen LogP contribution in [0, 0.1) is 11.3 Å². The Morgan fingerprint density at radius 2 is 2.05 bits per heavy atom. The van der Waals surface area contributed by atoms with Crippen LogP contribution in [0.25, 0.3) is 0 Å². The average Bonchev–Trinajstić information content (AvgIpc) is 2.45. The standard InChI is InChI=1S/C15H21ClN2S/c1-3-15(12-17,18-2)9-4-10-19-11-13-5-7-14(16)8-6-13/h5-8,18H,3-4,9-11H2,1-2H3. The van der Waals surface area contributed by atoms with Gasteiger partial charge in [0.1, 0.15) is 5.54 Å². The number of rotatable bonds is 8. The molecule has 1 rings (SSSR count). The summed E-state index contributed by atoms with van der Waals surface area (Å²) in [4.78, 5) is 0. The maximum absolute atomic E-state index is 9.21. The van der Waals surface area contributed by atoms with Crippen molar-refractivity contribution in [3.05, 3.63) is 34.9 Å². The molecule has 0 radical (unpaired) electrons.